The van der Waals surface area contributed by atoms with Crippen molar-refractivity contribution in [1.82, 2.24) is 0 Å². The van der Waals surface area contributed by atoms with Crippen molar-refractivity contribution in [2.45, 2.75) is 19.3 Å². The topological polar surface area (TPSA) is 87.5 Å². The van der Waals surface area contributed by atoms with Crippen molar-refractivity contribution in [3.63, 3.8) is 0 Å². The maximum Gasteiger partial charge on any atom is 0.269 e. The van der Waals surface area contributed by atoms with Gasteiger partial charge in [0.2, 0.25) is 5.91 Å². The summed E-state index contributed by atoms with van der Waals surface area (Å²) in [5.41, 5.74) is 2.59. The number of anilines is 3. The molecule has 1 heterocycles. The van der Waals surface area contributed by atoms with Crippen molar-refractivity contribution in [1.29, 1.82) is 0 Å². The van der Waals surface area contributed by atoms with E-state index in [0.717, 1.165) is 24.5 Å². The molecular weight excluding hydrogens is 332 g/mol. The number of carbonyl (C=O) groups is 1. The van der Waals surface area contributed by atoms with Gasteiger partial charge in [-0.3, -0.25) is 14.9 Å². The molecule has 136 valence electrons. The number of benzene rings is 2. The Hall–Kier alpha value is -3.09. The quantitative estimate of drug-likeness (QED) is 0.611. The number of rotatable bonds is 6. The van der Waals surface area contributed by atoms with Gasteiger partial charge in [0.05, 0.1) is 22.8 Å². The van der Waals surface area contributed by atoms with Gasteiger partial charge in [-0.1, -0.05) is 12.1 Å². The molecule has 2 aromatic rings. The van der Waals surface area contributed by atoms with Crippen molar-refractivity contribution in [2.24, 2.45) is 0 Å². The van der Waals surface area contributed by atoms with Crippen molar-refractivity contribution < 1.29 is 9.72 Å². The number of non-ortho nitro benzene ring substituents is 1. The second-order valence-electron chi connectivity index (χ2n) is 6.27. The molecule has 0 bridgehead atoms. The summed E-state index contributed by atoms with van der Waals surface area (Å²) in [7, 11) is 0. The molecule has 3 rings (SSSR count). The molecule has 1 saturated heterocycles. The van der Waals surface area contributed by atoms with Crippen molar-refractivity contribution >= 4 is 28.7 Å². The number of amides is 1. The molecule has 0 aromatic heterocycles. The second kappa shape index (κ2) is 8.33. The van der Waals surface area contributed by atoms with Gasteiger partial charge in [0, 0.05) is 30.9 Å². The third kappa shape index (κ3) is 4.50. The molecule has 0 aliphatic carbocycles. The number of nitro groups is 1. The molecule has 0 radical (unpaired) electrons. The van der Waals surface area contributed by atoms with E-state index in [4.69, 9.17) is 0 Å². The Morgan fingerprint density at radius 1 is 1.04 bits per heavy atom. The average molecular weight is 354 g/mol. The normalized spacial score (nSPS) is 13.9. The number of nitrogens with zero attached hydrogens (tertiary/aromatic N) is 2. The van der Waals surface area contributed by atoms with Crippen molar-refractivity contribution in [2.75, 3.05) is 35.2 Å². The van der Waals surface area contributed by atoms with Gasteiger partial charge < -0.3 is 15.5 Å². The van der Waals surface area contributed by atoms with Crippen LogP contribution in [0.15, 0.2) is 48.5 Å². The predicted molar refractivity (Wildman–Crippen MR) is 103 cm³/mol. The molecule has 7 heteroatoms. The molecule has 1 fully saturated rings. The Kier molecular flexibility index (Phi) is 5.68. The van der Waals surface area contributed by atoms with Crippen molar-refractivity contribution in [3.05, 3.63) is 58.6 Å². The number of para-hydroxylation sites is 2. The minimum atomic E-state index is -0.468. The highest BCUT2D eigenvalue weighted by Gasteiger charge is 2.14. The summed E-state index contributed by atoms with van der Waals surface area (Å²) in [5, 5.41) is 16.6. The maximum absolute atomic E-state index is 12.2. The van der Waals surface area contributed by atoms with E-state index in [1.807, 2.05) is 18.2 Å². The zero-order valence-corrected chi connectivity index (χ0v) is 14.5. The Balaban J connectivity index is 1.58. The Labute approximate surface area is 152 Å². The van der Waals surface area contributed by atoms with E-state index in [1.54, 1.807) is 0 Å². The fourth-order valence-corrected chi connectivity index (χ4v) is 3.08. The van der Waals surface area contributed by atoms with E-state index in [1.165, 1.54) is 43.5 Å². The van der Waals surface area contributed by atoms with E-state index in [-0.39, 0.29) is 18.1 Å². The van der Waals surface area contributed by atoms with Gasteiger partial charge in [0.1, 0.15) is 0 Å². The Morgan fingerprint density at radius 2 is 1.73 bits per heavy atom. The molecule has 2 N–H and O–H groups in total. The molecule has 7 nitrogen and oxygen atoms in total. The molecule has 0 spiro atoms. The summed E-state index contributed by atoms with van der Waals surface area (Å²) < 4.78 is 0. The number of hydrogen-bond acceptors (Lipinski definition) is 5. The highest BCUT2D eigenvalue weighted by Crippen LogP contribution is 2.28. The van der Waals surface area contributed by atoms with E-state index >= 15 is 0 Å². The van der Waals surface area contributed by atoms with Crippen LogP contribution < -0.4 is 15.5 Å². The SMILES string of the molecule is O=C(CNc1ccccc1N1CCCCC1)Nc1ccc([N+](=O)[O-])cc1. The molecule has 2 aromatic carbocycles. The highest BCUT2D eigenvalue weighted by atomic mass is 16.6. The van der Waals surface area contributed by atoms with Crippen LogP contribution in [0.4, 0.5) is 22.7 Å². The monoisotopic (exact) mass is 354 g/mol. The smallest absolute Gasteiger partial charge is 0.269 e. The van der Waals surface area contributed by atoms with Gasteiger partial charge in [-0.15, -0.1) is 0 Å². The highest BCUT2D eigenvalue weighted by molar-refractivity contribution is 5.94. The predicted octanol–water partition coefficient (Wildman–Crippen LogP) is 3.64. The van der Waals surface area contributed by atoms with E-state index in [2.05, 4.69) is 21.6 Å². The molecule has 0 saturated carbocycles. The maximum atomic E-state index is 12.2. The largest absolute Gasteiger partial charge is 0.374 e. The van der Waals surface area contributed by atoms with E-state index in [9.17, 15) is 14.9 Å². The molecule has 1 aliphatic heterocycles. The lowest BCUT2D eigenvalue weighted by atomic mass is 10.1. The number of carbonyl (C=O) groups excluding carboxylic acids is 1. The van der Waals surface area contributed by atoms with Crippen LogP contribution in [0.5, 0.6) is 0 Å². The standard InChI is InChI=1S/C19H22N4O3/c24-19(21-15-8-10-16(11-9-15)23(25)26)14-20-17-6-2-3-7-18(17)22-12-4-1-5-13-22/h2-3,6-11,20H,1,4-5,12-14H2,(H,21,24). The first-order valence-electron chi connectivity index (χ1n) is 8.75. The van der Waals surface area contributed by atoms with Crippen LogP contribution in [0.3, 0.4) is 0 Å². The lowest BCUT2D eigenvalue weighted by Crippen LogP contribution is -2.30. The van der Waals surface area contributed by atoms with Crippen molar-refractivity contribution in [3.8, 4) is 0 Å². The van der Waals surface area contributed by atoms with E-state index in [0.29, 0.717) is 5.69 Å². The van der Waals surface area contributed by atoms with Gasteiger partial charge in [-0.25, -0.2) is 0 Å². The third-order valence-electron chi connectivity index (χ3n) is 4.40. The van der Waals surface area contributed by atoms with Crippen LogP contribution in [-0.2, 0) is 4.79 Å². The summed E-state index contributed by atoms with van der Waals surface area (Å²) in [6, 6.07) is 13.8. The molecule has 0 atom stereocenters. The minimum Gasteiger partial charge on any atom is -0.374 e. The molecule has 0 unspecified atom stereocenters. The Morgan fingerprint density at radius 3 is 2.42 bits per heavy atom. The number of hydrogen-bond donors (Lipinski definition) is 2. The van der Waals surface area contributed by atoms with Crippen LogP contribution in [-0.4, -0.2) is 30.5 Å². The van der Waals surface area contributed by atoms with Gasteiger partial charge in [0.15, 0.2) is 0 Å². The first-order chi connectivity index (χ1) is 12.6. The van der Waals surface area contributed by atoms with Gasteiger partial charge >= 0.3 is 0 Å². The van der Waals surface area contributed by atoms with Gasteiger partial charge in [0.25, 0.3) is 5.69 Å². The van der Waals surface area contributed by atoms with E-state index < -0.39 is 4.92 Å². The lowest BCUT2D eigenvalue weighted by molar-refractivity contribution is -0.384. The number of piperidine rings is 1. The molecule has 1 aliphatic rings. The summed E-state index contributed by atoms with van der Waals surface area (Å²) in [6.45, 7) is 2.20. The first-order valence-corrected chi connectivity index (χ1v) is 8.75. The molecular formula is C19H22N4O3. The third-order valence-corrected chi connectivity index (χ3v) is 4.40. The lowest BCUT2D eigenvalue weighted by Gasteiger charge is -2.30. The summed E-state index contributed by atoms with van der Waals surface area (Å²) in [4.78, 5) is 24.7. The fourth-order valence-electron chi connectivity index (χ4n) is 3.08. The fraction of sp³-hybridized carbons (Fsp3) is 0.316. The van der Waals surface area contributed by atoms with Gasteiger partial charge in [-0.2, -0.15) is 0 Å². The average Bonchev–Trinajstić information content (AvgIpc) is 2.68. The van der Waals surface area contributed by atoms with Crippen LogP contribution >= 0.6 is 0 Å². The summed E-state index contributed by atoms with van der Waals surface area (Å²) >= 11 is 0. The first kappa shape index (κ1) is 17.7. The number of nitrogens with one attached hydrogen (secondary N) is 2. The minimum absolute atomic E-state index is 0.00316. The molecule has 1 amide bonds. The summed E-state index contributed by atoms with van der Waals surface area (Å²) in [5.74, 6) is -0.202. The van der Waals surface area contributed by atoms with Crippen LogP contribution in [0.25, 0.3) is 0 Å². The zero-order chi connectivity index (χ0) is 18.4. The van der Waals surface area contributed by atoms with Crippen LogP contribution in [0.1, 0.15) is 19.3 Å². The van der Waals surface area contributed by atoms with Crippen LogP contribution in [0, 0.1) is 10.1 Å². The summed E-state index contributed by atoms with van der Waals surface area (Å²) in [6.07, 6.45) is 3.65. The second-order valence-corrected chi connectivity index (χ2v) is 6.27. The zero-order valence-electron chi connectivity index (χ0n) is 14.5. The Bertz CT molecular complexity index is 771. The molecule has 26 heavy (non-hydrogen) atoms. The number of nitro benzene ring substituents is 1. The van der Waals surface area contributed by atoms with Gasteiger partial charge in [-0.05, 0) is 43.5 Å². The van der Waals surface area contributed by atoms with Crippen LogP contribution in [0.2, 0.25) is 0 Å².